The lowest BCUT2D eigenvalue weighted by atomic mass is 10.2. The first-order chi connectivity index (χ1) is 11.6. The lowest BCUT2D eigenvalue weighted by molar-refractivity contribution is -0.605. The van der Waals surface area contributed by atoms with Gasteiger partial charge in [-0.1, -0.05) is 0 Å². The molecule has 3 heterocycles. The van der Waals surface area contributed by atoms with Crippen LogP contribution in [0.1, 0.15) is 10.4 Å². The average Bonchev–Trinajstić information content (AvgIpc) is 2.62. The molecule has 2 fully saturated rings. The molecule has 0 atom stereocenters. The van der Waals surface area contributed by atoms with E-state index in [0.29, 0.717) is 56.2 Å². The average molecular weight is 334 g/mol. The van der Waals surface area contributed by atoms with E-state index in [-0.39, 0.29) is 11.8 Å². The maximum atomic E-state index is 12.4. The van der Waals surface area contributed by atoms with Crippen molar-refractivity contribution in [2.24, 2.45) is 0 Å². The summed E-state index contributed by atoms with van der Waals surface area (Å²) < 4.78 is 5.90. The van der Waals surface area contributed by atoms with Crippen LogP contribution in [0.4, 0.5) is 0 Å². The van der Waals surface area contributed by atoms with Crippen molar-refractivity contribution in [2.75, 3.05) is 59.0 Å². The van der Waals surface area contributed by atoms with E-state index in [0.717, 1.165) is 13.1 Å². The molecule has 8 heteroatoms. The van der Waals surface area contributed by atoms with Gasteiger partial charge in [0.15, 0.2) is 12.4 Å². The fourth-order valence-electron chi connectivity index (χ4n) is 2.97. The molecule has 2 aliphatic rings. The van der Waals surface area contributed by atoms with Crippen LogP contribution in [0.5, 0.6) is 0 Å². The summed E-state index contributed by atoms with van der Waals surface area (Å²) in [5.74, 6) is -0.0680. The van der Waals surface area contributed by atoms with E-state index in [1.165, 1.54) is 12.4 Å². The number of ether oxygens (including phenoxy) is 1. The number of hydrogen-bond acceptors (Lipinski definition) is 5. The number of rotatable bonds is 3. The summed E-state index contributed by atoms with van der Waals surface area (Å²) in [4.78, 5) is 30.3. The predicted molar refractivity (Wildman–Crippen MR) is 85.1 cm³/mol. The van der Waals surface area contributed by atoms with Crippen molar-refractivity contribution in [3.05, 3.63) is 35.3 Å². The molecule has 0 saturated carbocycles. The molecule has 8 nitrogen and oxygen atoms in total. The monoisotopic (exact) mass is 334 g/mol. The summed E-state index contributed by atoms with van der Waals surface area (Å²) in [6.45, 7) is 5.35. The van der Waals surface area contributed by atoms with Crippen molar-refractivity contribution in [3.63, 3.8) is 0 Å². The summed E-state index contributed by atoms with van der Waals surface area (Å²) in [5.41, 5.74) is 0.376. The fraction of sp³-hybridized carbons (Fsp3) is 0.562. The van der Waals surface area contributed by atoms with Crippen LogP contribution in [-0.4, -0.2) is 85.5 Å². The highest BCUT2D eigenvalue weighted by molar-refractivity contribution is 5.93. The minimum absolute atomic E-state index is 0.0983. The Hall–Kier alpha value is -2.19. The molecule has 2 saturated heterocycles. The highest BCUT2D eigenvalue weighted by atomic mass is 16.5. The topological polar surface area (TPSA) is 80.0 Å². The molecular formula is C16H22N4O4. The Morgan fingerprint density at radius 3 is 2.42 bits per heavy atom. The number of piperazine rings is 1. The van der Waals surface area contributed by atoms with Crippen LogP contribution in [0, 0.1) is 5.21 Å². The third kappa shape index (κ3) is 4.01. The molecule has 0 bridgehead atoms. The van der Waals surface area contributed by atoms with Crippen LogP contribution < -0.4 is 4.73 Å². The standard InChI is InChI=1S/C16H22N4O4/c21-15(13-17-8-10-24-11-9-17)18-4-6-19(7-5-18)16(22)14-2-1-3-20(23)12-14/h1-3,12H,4-11,13H2. The number of pyridine rings is 1. The number of amides is 2. The summed E-state index contributed by atoms with van der Waals surface area (Å²) in [6, 6.07) is 3.19. The van der Waals surface area contributed by atoms with Crippen molar-refractivity contribution in [2.45, 2.75) is 0 Å². The smallest absolute Gasteiger partial charge is 0.260 e. The van der Waals surface area contributed by atoms with Crippen LogP contribution in [-0.2, 0) is 9.53 Å². The largest absolute Gasteiger partial charge is 0.619 e. The van der Waals surface area contributed by atoms with E-state index in [1.807, 2.05) is 0 Å². The van der Waals surface area contributed by atoms with Gasteiger partial charge in [0, 0.05) is 45.3 Å². The van der Waals surface area contributed by atoms with Gasteiger partial charge in [-0.3, -0.25) is 14.5 Å². The van der Waals surface area contributed by atoms with Gasteiger partial charge in [-0.05, 0) is 6.07 Å². The Morgan fingerprint density at radius 2 is 1.75 bits per heavy atom. The quantitative estimate of drug-likeness (QED) is 0.520. The van der Waals surface area contributed by atoms with E-state index < -0.39 is 0 Å². The summed E-state index contributed by atoms with van der Waals surface area (Å²) >= 11 is 0. The number of carbonyl (C=O) groups excluding carboxylic acids is 2. The van der Waals surface area contributed by atoms with E-state index >= 15 is 0 Å². The van der Waals surface area contributed by atoms with Crippen molar-refractivity contribution in [3.8, 4) is 0 Å². The normalized spacial score (nSPS) is 19.3. The summed E-state index contributed by atoms with van der Waals surface area (Å²) in [5, 5.41) is 11.3. The second-order valence-electron chi connectivity index (χ2n) is 6.01. The van der Waals surface area contributed by atoms with E-state index in [1.54, 1.807) is 21.9 Å². The van der Waals surface area contributed by atoms with Crippen molar-refractivity contribution in [1.29, 1.82) is 0 Å². The summed E-state index contributed by atoms with van der Waals surface area (Å²) in [7, 11) is 0. The molecule has 0 radical (unpaired) electrons. The van der Waals surface area contributed by atoms with Crippen molar-refractivity contribution < 1.29 is 19.1 Å². The molecular weight excluding hydrogens is 312 g/mol. The van der Waals surface area contributed by atoms with Gasteiger partial charge in [-0.25, -0.2) is 0 Å². The molecule has 1 aromatic heterocycles. The molecule has 0 N–H and O–H groups in total. The Kier molecular flexibility index (Phi) is 5.27. The number of aromatic nitrogens is 1. The minimum atomic E-state index is -0.166. The van der Waals surface area contributed by atoms with Gasteiger partial charge in [-0.2, -0.15) is 4.73 Å². The summed E-state index contributed by atoms with van der Waals surface area (Å²) in [6.07, 6.45) is 2.62. The SMILES string of the molecule is O=C(CN1CCOCC1)N1CCN(C(=O)c2ccc[n+]([O-])c2)CC1. The number of nitrogens with zero attached hydrogens (tertiary/aromatic N) is 4. The van der Waals surface area contributed by atoms with Gasteiger partial charge < -0.3 is 19.7 Å². The highest BCUT2D eigenvalue weighted by Gasteiger charge is 2.26. The van der Waals surface area contributed by atoms with Crippen molar-refractivity contribution in [1.82, 2.24) is 14.7 Å². The molecule has 24 heavy (non-hydrogen) atoms. The fourth-order valence-corrected chi connectivity index (χ4v) is 2.97. The highest BCUT2D eigenvalue weighted by Crippen LogP contribution is 2.08. The molecule has 0 aliphatic carbocycles. The van der Waals surface area contributed by atoms with Gasteiger partial charge in [0.2, 0.25) is 5.91 Å². The van der Waals surface area contributed by atoms with Crippen molar-refractivity contribution >= 4 is 11.8 Å². The Morgan fingerprint density at radius 1 is 1.08 bits per heavy atom. The maximum absolute atomic E-state index is 12.4. The molecule has 3 rings (SSSR count). The lowest BCUT2D eigenvalue weighted by Crippen LogP contribution is -2.53. The van der Waals surface area contributed by atoms with Crippen LogP contribution in [0.15, 0.2) is 24.5 Å². The van der Waals surface area contributed by atoms with Crippen LogP contribution in [0.25, 0.3) is 0 Å². The number of carbonyl (C=O) groups is 2. The van der Waals surface area contributed by atoms with Gasteiger partial charge >= 0.3 is 0 Å². The van der Waals surface area contributed by atoms with Crippen LogP contribution >= 0.6 is 0 Å². The lowest BCUT2D eigenvalue weighted by Gasteiger charge is -2.36. The maximum Gasteiger partial charge on any atom is 0.260 e. The second kappa shape index (κ2) is 7.59. The van der Waals surface area contributed by atoms with Gasteiger partial charge in [-0.15, -0.1) is 0 Å². The first-order valence-corrected chi connectivity index (χ1v) is 8.19. The molecule has 130 valence electrons. The first-order valence-electron chi connectivity index (χ1n) is 8.19. The zero-order valence-electron chi connectivity index (χ0n) is 13.6. The van der Waals surface area contributed by atoms with Crippen LogP contribution in [0.2, 0.25) is 0 Å². The molecule has 1 aromatic rings. The Labute approximate surface area is 140 Å². The Bertz CT molecular complexity index is 595. The number of hydrogen-bond donors (Lipinski definition) is 0. The molecule has 2 amide bonds. The van der Waals surface area contributed by atoms with Crippen LogP contribution in [0.3, 0.4) is 0 Å². The van der Waals surface area contributed by atoms with Gasteiger partial charge in [0.05, 0.1) is 19.8 Å². The van der Waals surface area contributed by atoms with Gasteiger partial charge in [0.1, 0.15) is 5.56 Å². The second-order valence-corrected chi connectivity index (χ2v) is 6.01. The van der Waals surface area contributed by atoms with E-state index in [2.05, 4.69) is 4.90 Å². The minimum Gasteiger partial charge on any atom is -0.619 e. The third-order valence-electron chi connectivity index (χ3n) is 4.40. The number of morpholine rings is 1. The first kappa shape index (κ1) is 16.7. The van der Waals surface area contributed by atoms with Gasteiger partial charge in [0.25, 0.3) is 5.91 Å². The molecule has 2 aliphatic heterocycles. The predicted octanol–water partition coefficient (Wildman–Crippen LogP) is -1.06. The molecule has 0 aromatic carbocycles. The third-order valence-corrected chi connectivity index (χ3v) is 4.40. The van der Waals surface area contributed by atoms with E-state index in [9.17, 15) is 14.8 Å². The Balaban J connectivity index is 1.50. The molecule has 0 spiro atoms. The zero-order chi connectivity index (χ0) is 16.9. The zero-order valence-corrected chi connectivity index (χ0v) is 13.6. The molecule has 0 unspecified atom stereocenters. The van der Waals surface area contributed by atoms with E-state index in [4.69, 9.17) is 4.74 Å².